The van der Waals surface area contributed by atoms with E-state index in [-0.39, 0.29) is 48.6 Å². The van der Waals surface area contributed by atoms with Crippen LogP contribution in [-0.2, 0) is 4.79 Å². The van der Waals surface area contributed by atoms with Crippen LogP contribution < -0.4 is 11.1 Å². The van der Waals surface area contributed by atoms with E-state index in [0.717, 1.165) is 23.6 Å². The first-order valence-corrected chi connectivity index (χ1v) is 9.83. The van der Waals surface area contributed by atoms with Gasteiger partial charge in [-0.2, -0.15) is 0 Å². The van der Waals surface area contributed by atoms with Gasteiger partial charge in [-0.25, -0.2) is 0 Å². The Morgan fingerprint density at radius 3 is 2.24 bits per heavy atom. The molecular weight excluding hydrogens is 390 g/mol. The normalized spacial score (nSPS) is 17.7. The Morgan fingerprint density at radius 2 is 1.72 bits per heavy atom. The standard InChI is InChI=1S/C22H25N3O3.ClH/c1-22(13-23,15-10-11-15)24-18(26)9-4-12-25-20(27)16-7-2-5-14-6-3-8-17(19(14)16)21(25)28;/h2-3,5-8,15H,4,9-13,23H2,1H3,(H,24,26);1H. The second-order valence-electron chi connectivity index (χ2n) is 8.02. The summed E-state index contributed by atoms with van der Waals surface area (Å²) in [5, 5.41) is 4.65. The first kappa shape index (κ1) is 21.3. The van der Waals surface area contributed by atoms with Gasteiger partial charge in [-0.1, -0.05) is 24.3 Å². The molecular formula is C22H26ClN3O3. The second kappa shape index (κ2) is 8.13. The molecule has 2 aromatic rings. The van der Waals surface area contributed by atoms with Crippen LogP contribution in [0.2, 0.25) is 0 Å². The Bertz CT molecular complexity index is 922. The zero-order valence-electron chi connectivity index (χ0n) is 16.4. The van der Waals surface area contributed by atoms with Gasteiger partial charge in [0.1, 0.15) is 0 Å². The number of halogens is 1. The van der Waals surface area contributed by atoms with Gasteiger partial charge in [0.15, 0.2) is 0 Å². The van der Waals surface area contributed by atoms with Gasteiger partial charge in [-0.15, -0.1) is 12.4 Å². The highest BCUT2D eigenvalue weighted by Gasteiger charge is 2.41. The quantitative estimate of drug-likeness (QED) is 0.680. The van der Waals surface area contributed by atoms with Crippen molar-refractivity contribution in [2.75, 3.05) is 13.1 Å². The van der Waals surface area contributed by atoms with Crippen LogP contribution in [0.25, 0.3) is 10.8 Å². The molecule has 0 spiro atoms. The molecule has 1 heterocycles. The van der Waals surface area contributed by atoms with Crippen LogP contribution in [0, 0.1) is 5.92 Å². The number of hydrogen-bond acceptors (Lipinski definition) is 4. The number of nitrogens with two attached hydrogens (primary N) is 1. The van der Waals surface area contributed by atoms with Gasteiger partial charge in [0.25, 0.3) is 11.8 Å². The molecule has 1 atom stereocenters. The largest absolute Gasteiger partial charge is 0.349 e. The summed E-state index contributed by atoms with van der Waals surface area (Å²) in [5.74, 6) is -0.220. The molecule has 6 nitrogen and oxygen atoms in total. The van der Waals surface area contributed by atoms with E-state index in [4.69, 9.17) is 5.73 Å². The van der Waals surface area contributed by atoms with Gasteiger partial charge in [0.2, 0.25) is 5.91 Å². The Labute approximate surface area is 176 Å². The second-order valence-corrected chi connectivity index (χ2v) is 8.02. The maximum atomic E-state index is 12.9. The van der Waals surface area contributed by atoms with E-state index < -0.39 is 0 Å². The number of rotatable bonds is 7. The van der Waals surface area contributed by atoms with Crippen LogP contribution in [0.5, 0.6) is 0 Å². The maximum Gasteiger partial charge on any atom is 0.261 e. The van der Waals surface area contributed by atoms with E-state index in [0.29, 0.717) is 30.0 Å². The van der Waals surface area contributed by atoms with Crippen LogP contribution in [0.15, 0.2) is 36.4 Å². The van der Waals surface area contributed by atoms with Gasteiger partial charge >= 0.3 is 0 Å². The number of amides is 3. The summed E-state index contributed by atoms with van der Waals surface area (Å²) in [7, 11) is 0. The molecule has 2 aliphatic rings. The van der Waals surface area contributed by atoms with Crippen molar-refractivity contribution in [2.45, 2.75) is 38.1 Å². The fourth-order valence-corrected chi connectivity index (χ4v) is 4.10. The molecule has 2 aromatic carbocycles. The lowest BCUT2D eigenvalue weighted by Crippen LogP contribution is -2.53. The summed E-state index contributed by atoms with van der Waals surface area (Å²) < 4.78 is 0. The minimum atomic E-state index is -0.359. The van der Waals surface area contributed by atoms with Crippen LogP contribution in [0.3, 0.4) is 0 Å². The summed E-state index contributed by atoms with van der Waals surface area (Å²) in [6, 6.07) is 11.0. The first-order valence-electron chi connectivity index (χ1n) is 9.83. The summed E-state index contributed by atoms with van der Waals surface area (Å²) in [6.07, 6.45) is 2.86. The van der Waals surface area contributed by atoms with E-state index in [1.54, 1.807) is 12.1 Å². The zero-order chi connectivity index (χ0) is 19.9. The monoisotopic (exact) mass is 415 g/mol. The highest BCUT2D eigenvalue weighted by atomic mass is 35.5. The SMILES string of the molecule is CC(CN)(NC(=O)CCCN1C(=O)c2cccc3cccc(c23)C1=O)C1CC1.Cl. The van der Waals surface area contributed by atoms with E-state index in [2.05, 4.69) is 5.32 Å². The maximum absolute atomic E-state index is 12.9. The lowest BCUT2D eigenvalue weighted by molar-refractivity contribution is -0.123. The van der Waals surface area contributed by atoms with Crippen LogP contribution >= 0.6 is 12.4 Å². The minimum absolute atomic E-state index is 0. The Morgan fingerprint density at radius 1 is 1.14 bits per heavy atom. The molecule has 0 radical (unpaired) electrons. The van der Waals surface area contributed by atoms with Gasteiger partial charge in [0.05, 0.1) is 5.54 Å². The molecule has 1 unspecified atom stereocenters. The molecule has 1 saturated carbocycles. The van der Waals surface area contributed by atoms with Crippen molar-refractivity contribution in [1.29, 1.82) is 0 Å². The summed E-state index contributed by atoms with van der Waals surface area (Å²) >= 11 is 0. The van der Waals surface area contributed by atoms with Crippen molar-refractivity contribution in [3.63, 3.8) is 0 Å². The first-order chi connectivity index (χ1) is 13.4. The van der Waals surface area contributed by atoms with Crippen LogP contribution in [-0.4, -0.2) is 41.2 Å². The van der Waals surface area contributed by atoms with Gasteiger partial charge in [0, 0.05) is 36.0 Å². The number of benzene rings is 2. The third-order valence-electron chi connectivity index (χ3n) is 5.97. The number of nitrogens with one attached hydrogen (secondary N) is 1. The van der Waals surface area contributed by atoms with Crippen LogP contribution in [0.4, 0.5) is 0 Å². The molecule has 3 N–H and O–H groups in total. The average Bonchev–Trinajstić information content (AvgIpc) is 3.54. The molecule has 0 aromatic heterocycles. The highest BCUT2D eigenvalue weighted by molar-refractivity contribution is 6.25. The number of nitrogens with zero attached hydrogens (tertiary/aromatic N) is 1. The number of imide groups is 1. The fraction of sp³-hybridized carbons (Fsp3) is 0.409. The topological polar surface area (TPSA) is 92.5 Å². The van der Waals surface area contributed by atoms with Gasteiger partial charge in [-0.3, -0.25) is 19.3 Å². The predicted octanol–water partition coefficient (Wildman–Crippen LogP) is 2.88. The lowest BCUT2D eigenvalue weighted by atomic mass is 9.94. The molecule has 7 heteroatoms. The van der Waals surface area contributed by atoms with Crippen molar-refractivity contribution in [3.8, 4) is 0 Å². The molecule has 4 rings (SSSR count). The predicted molar refractivity (Wildman–Crippen MR) is 114 cm³/mol. The van der Waals surface area contributed by atoms with E-state index in [9.17, 15) is 14.4 Å². The zero-order valence-corrected chi connectivity index (χ0v) is 17.3. The van der Waals surface area contributed by atoms with Crippen LogP contribution in [0.1, 0.15) is 53.3 Å². The molecule has 154 valence electrons. The number of hydrogen-bond donors (Lipinski definition) is 2. The van der Waals surface area contributed by atoms with Crippen molar-refractivity contribution in [3.05, 3.63) is 47.5 Å². The van der Waals surface area contributed by atoms with Crippen molar-refractivity contribution >= 4 is 40.9 Å². The van der Waals surface area contributed by atoms with Crippen molar-refractivity contribution in [2.24, 2.45) is 11.7 Å². The van der Waals surface area contributed by atoms with E-state index >= 15 is 0 Å². The molecule has 0 saturated heterocycles. The lowest BCUT2D eigenvalue weighted by Gasteiger charge is -2.30. The number of carbonyl (C=O) groups excluding carboxylic acids is 3. The highest BCUT2D eigenvalue weighted by Crippen LogP contribution is 2.39. The van der Waals surface area contributed by atoms with Gasteiger partial charge in [-0.05, 0) is 49.6 Å². The Hall–Kier alpha value is -2.44. The summed E-state index contributed by atoms with van der Waals surface area (Å²) in [6.45, 7) is 2.61. The minimum Gasteiger partial charge on any atom is -0.349 e. The Kier molecular flexibility index (Phi) is 5.96. The van der Waals surface area contributed by atoms with E-state index in [1.807, 2.05) is 31.2 Å². The molecule has 3 amide bonds. The Balaban J connectivity index is 0.00000240. The van der Waals surface area contributed by atoms with Crippen molar-refractivity contribution < 1.29 is 14.4 Å². The van der Waals surface area contributed by atoms with Gasteiger partial charge < -0.3 is 11.1 Å². The average molecular weight is 416 g/mol. The molecule has 0 bridgehead atoms. The molecule has 1 fully saturated rings. The third kappa shape index (κ3) is 3.87. The fourth-order valence-electron chi connectivity index (χ4n) is 4.10. The van der Waals surface area contributed by atoms with E-state index in [1.165, 1.54) is 4.90 Å². The molecule has 1 aliphatic heterocycles. The van der Waals surface area contributed by atoms with Crippen molar-refractivity contribution in [1.82, 2.24) is 10.2 Å². The third-order valence-corrected chi connectivity index (χ3v) is 5.97. The molecule has 29 heavy (non-hydrogen) atoms. The number of carbonyl (C=O) groups is 3. The molecule has 1 aliphatic carbocycles. The summed E-state index contributed by atoms with van der Waals surface area (Å²) in [4.78, 5) is 39.3. The summed E-state index contributed by atoms with van der Waals surface area (Å²) in [5.41, 5.74) is 6.58. The smallest absolute Gasteiger partial charge is 0.261 e.